The Morgan fingerprint density at radius 3 is 2.30 bits per heavy atom. The molecule has 2 rings (SSSR count). The van der Waals surface area contributed by atoms with Crippen molar-refractivity contribution in [2.45, 2.75) is 13.5 Å². The molecule has 0 aliphatic heterocycles. The Hall–Kier alpha value is -2.89. The highest BCUT2D eigenvalue weighted by Crippen LogP contribution is 2.27. The van der Waals surface area contributed by atoms with E-state index < -0.39 is 11.9 Å². The molecule has 0 aliphatic rings. The number of pyridine rings is 1. The Morgan fingerprint density at radius 1 is 1.04 bits per heavy atom. The summed E-state index contributed by atoms with van der Waals surface area (Å²) in [5.41, 5.74) is 1.43. The zero-order chi connectivity index (χ0) is 16.8. The van der Waals surface area contributed by atoms with E-state index in [2.05, 4.69) is 9.72 Å². The van der Waals surface area contributed by atoms with Crippen LogP contribution in [0.4, 0.5) is 0 Å². The fourth-order valence-electron chi connectivity index (χ4n) is 2.06. The largest absolute Gasteiger partial charge is 0.486 e. The summed E-state index contributed by atoms with van der Waals surface area (Å²) in [5.74, 6) is -1.15. The van der Waals surface area contributed by atoms with Crippen molar-refractivity contribution in [3.63, 3.8) is 0 Å². The van der Waals surface area contributed by atoms with Crippen LogP contribution in [0.3, 0.4) is 0 Å². The first kappa shape index (κ1) is 16.5. The summed E-state index contributed by atoms with van der Waals surface area (Å²) in [6, 6.07) is 9.45. The molecule has 0 N–H and O–H groups in total. The lowest BCUT2D eigenvalue weighted by molar-refractivity contribution is 0.0549. The van der Waals surface area contributed by atoms with Crippen molar-refractivity contribution in [3.8, 4) is 5.75 Å². The average Bonchev–Trinajstić information content (AvgIpc) is 2.59. The second-order valence-corrected chi connectivity index (χ2v) is 4.72. The lowest BCUT2D eigenvalue weighted by Gasteiger charge is -2.15. The van der Waals surface area contributed by atoms with E-state index in [-0.39, 0.29) is 23.5 Å². The van der Waals surface area contributed by atoms with Crippen LogP contribution in [0.25, 0.3) is 0 Å². The molecule has 0 aliphatic carbocycles. The Morgan fingerprint density at radius 2 is 1.70 bits per heavy atom. The minimum Gasteiger partial charge on any atom is -0.486 e. The summed E-state index contributed by atoms with van der Waals surface area (Å²) >= 11 is 0. The highest BCUT2D eigenvalue weighted by atomic mass is 16.5. The Labute approximate surface area is 134 Å². The summed E-state index contributed by atoms with van der Waals surface area (Å²) < 4.78 is 15.2. The van der Waals surface area contributed by atoms with Crippen molar-refractivity contribution in [3.05, 3.63) is 58.9 Å². The van der Waals surface area contributed by atoms with Gasteiger partial charge in [-0.3, -0.25) is 4.98 Å². The van der Waals surface area contributed by atoms with E-state index in [1.54, 1.807) is 6.92 Å². The molecule has 0 spiro atoms. The van der Waals surface area contributed by atoms with Crippen LogP contribution in [-0.2, 0) is 16.1 Å². The van der Waals surface area contributed by atoms with Gasteiger partial charge in [-0.15, -0.1) is 0 Å². The molecule has 2 aromatic rings. The summed E-state index contributed by atoms with van der Waals surface area (Å²) in [4.78, 5) is 28.1. The summed E-state index contributed by atoms with van der Waals surface area (Å²) in [6.45, 7) is 1.92. The number of benzene rings is 1. The van der Waals surface area contributed by atoms with Crippen LogP contribution < -0.4 is 4.74 Å². The fourth-order valence-corrected chi connectivity index (χ4v) is 2.06. The Kier molecular flexibility index (Phi) is 5.30. The third kappa shape index (κ3) is 3.66. The van der Waals surface area contributed by atoms with Crippen LogP contribution in [0.15, 0.2) is 36.5 Å². The molecule has 1 aromatic heterocycles. The number of methoxy groups -OCH3 is 2. The number of nitrogens with zero attached hydrogens (tertiary/aromatic N) is 1. The predicted molar refractivity (Wildman–Crippen MR) is 82.4 cm³/mol. The Bertz CT molecular complexity index is 712. The lowest BCUT2D eigenvalue weighted by Crippen LogP contribution is -2.16. The number of aryl methyl sites for hydroxylation is 1. The molecule has 1 aromatic carbocycles. The van der Waals surface area contributed by atoms with Gasteiger partial charge in [0.15, 0.2) is 5.75 Å². The molecule has 1 heterocycles. The van der Waals surface area contributed by atoms with Gasteiger partial charge in [0.2, 0.25) is 0 Å². The zero-order valence-electron chi connectivity index (χ0n) is 13.2. The van der Waals surface area contributed by atoms with Crippen LogP contribution in [0.1, 0.15) is 32.0 Å². The maximum atomic E-state index is 12.1. The van der Waals surface area contributed by atoms with Gasteiger partial charge in [-0.2, -0.15) is 0 Å². The number of ether oxygens (including phenoxy) is 3. The van der Waals surface area contributed by atoms with Gasteiger partial charge in [0.1, 0.15) is 12.2 Å². The first-order valence-corrected chi connectivity index (χ1v) is 6.91. The summed E-state index contributed by atoms with van der Waals surface area (Å²) in [5, 5.41) is 0. The van der Waals surface area contributed by atoms with Crippen LogP contribution in [0.5, 0.6) is 5.75 Å². The fraction of sp³-hybridized carbons (Fsp3) is 0.235. The minimum atomic E-state index is -0.682. The van der Waals surface area contributed by atoms with Crippen molar-refractivity contribution in [1.82, 2.24) is 4.98 Å². The highest BCUT2D eigenvalue weighted by molar-refractivity contribution is 6.05. The summed E-state index contributed by atoms with van der Waals surface area (Å²) in [6.07, 6.45) is 1.28. The molecular weight excluding hydrogens is 298 g/mol. The molecule has 0 bridgehead atoms. The maximum absolute atomic E-state index is 12.1. The van der Waals surface area contributed by atoms with Gasteiger partial charge in [-0.25, -0.2) is 9.59 Å². The van der Waals surface area contributed by atoms with Crippen molar-refractivity contribution in [2.75, 3.05) is 14.2 Å². The van der Waals surface area contributed by atoms with Crippen molar-refractivity contribution >= 4 is 11.9 Å². The first-order valence-electron chi connectivity index (χ1n) is 6.91. The van der Waals surface area contributed by atoms with E-state index in [0.717, 1.165) is 5.56 Å². The SMILES string of the molecule is COC(=O)c1cnc(C)c(OCc2ccccc2)c1C(=O)OC. The van der Waals surface area contributed by atoms with Gasteiger partial charge in [0.25, 0.3) is 0 Å². The number of esters is 2. The van der Waals surface area contributed by atoms with Crippen LogP contribution >= 0.6 is 0 Å². The van der Waals surface area contributed by atoms with Crippen LogP contribution in [0.2, 0.25) is 0 Å². The average molecular weight is 315 g/mol. The third-order valence-electron chi connectivity index (χ3n) is 3.23. The van der Waals surface area contributed by atoms with E-state index in [4.69, 9.17) is 9.47 Å². The van der Waals surface area contributed by atoms with Gasteiger partial charge in [-0.1, -0.05) is 30.3 Å². The van der Waals surface area contributed by atoms with E-state index in [1.165, 1.54) is 20.4 Å². The molecule has 0 amide bonds. The smallest absolute Gasteiger partial charge is 0.342 e. The van der Waals surface area contributed by atoms with Gasteiger partial charge in [0.05, 0.1) is 25.5 Å². The molecule has 0 atom stereocenters. The number of carbonyl (C=O) groups excluding carboxylic acids is 2. The molecule has 0 radical (unpaired) electrons. The normalized spacial score (nSPS) is 10.0. The quantitative estimate of drug-likeness (QED) is 0.789. The minimum absolute atomic E-state index is 0.00742. The predicted octanol–water partition coefficient (Wildman–Crippen LogP) is 2.54. The van der Waals surface area contributed by atoms with Crippen LogP contribution in [0, 0.1) is 6.92 Å². The van der Waals surface area contributed by atoms with E-state index in [9.17, 15) is 9.59 Å². The van der Waals surface area contributed by atoms with Gasteiger partial charge < -0.3 is 14.2 Å². The molecule has 0 saturated carbocycles. The monoisotopic (exact) mass is 315 g/mol. The van der Waals surface area contributed by atoms with Crippen molar-refractivity contribution in [1.29, 1.82) is 0 Å². The topological polar surface area (TPSA) is 74.7 Å². The van der Waals surface area contributed by atoms with E-state index >= 15 is 0 Å². The van der Waals surface area contributed by atoms with Gasteiger partial charge in [0, 0.05) is 6.20 Å². The second kappa shape index (κ2) is 7.40. The number of rotatable bonds is 5. The van der Waals surface area contributed by atoms with Crippen molar-refractivity contribution < 1.29 is 23.8 Å². The highest BCUT2D eigenvalue weighted by Gasteiger charge is 2.26. The van der Waals surface area contributed by atoms with Crippen molar-refractivity contribution in [2.24, 2.45) is 0 Å². The third-order valence-corrected chi connectivity index (χ3v) is 3.23. The summed E-state index contributed by atoms with van der Waals surface area (Å²) in [7, 11) is 2.47. The molecule has 0 unspecified atom stereocenters. The maximum Gasteiger partial charge on any atom is 0.342 e. The van der Waals surface area contributed by atoms with Gasteiger partial charge >= 0.3 is 11.9 Å². The Balaban J connectivity index is 2.43. The molecule has 23 heavy (non-hydrogen) atoms. The number of hydrogen-bond acceptors (Lipinski definition) is 6. The molecule has 6 nitrogen and oxygen atoms in total. The first-order chi connectivity index (χ1) is 11.1. The van der Waals surface area contributed by atoms with Crippen LogP contribution in [-0.4, -0.2) is 31.1 Å². The molecular formula is C17H17NO5. The molecule has 120 valence electrons. The number of aromatic nitrogens is 1. The molecule has 0 saturated heterocycles. The lowest BCUT2D eigenvalue weighted by atomic mass is 10.1. The second-order valence-electron chi connectivity index (χ2n) is 4.72. The molecule has 0 fully saturated rings. The standard InChI is InChI=1S/C17H17NO5/c1-11-15(23-10-12-7-5-4-6-8-12)14(17(20)22-3)13(9-18-11)16(19)21-2/h4-9H,10H2,1-3H3. The molecule has 6 heteroatoms. The van der Waals surface area contributed by atoms with E-state index in [1.807, 2.05) is 30.3 Å². The number of carbonyl (C=O) groups is 2. The van der Waals surface area contributed by atoms with E-state index in [0.29, 0.717) is 5.69 Å². The van der Waals surface area contributed by atoms with Gasteiger partial charge in [-0.05, 0) is 12.5 Å². The number of hydrogen-bond donors (Lipinski definition) is 0. The zero-order valence-corrected chi connectivity index (χ0v) is 13.2.